The van der Waals surface area contributed by atoms with Crippen LogP contribution in [-0.4, -0.2) is 17.3 Å². The van der Waals surface area contributed by atoms with Gasteiger partial charge in [0.15, 0.2) is 0 Å². The summed E-state index contributed by atoms with van der Waals surface area (Å²) in [5.74, 6) is 0.766. The molecule has 16 heavy (non-hydrogen) atoms. The van der Waals surface area contributed by atoms with Crippen LogP contribution in [0.15, 0.2) is 35.6 Å². The molecule has 0 aliphatic heterocycles. The maximum absolute atomic E-state index is 5.51. The van der Waals surface area contributed by atoms with Crippen LogP contribution in [-0.2, 0) is 4.74 Å². The van der Waals surface area contributed by atoms with Crippen molar-refractivity contribution in [2.24, 2.45) is 0 Å². The first-order valence-corrected chi connectivity index (χ1v) is 7.70. The van der Waals surface area contributed by atoms with Crippen LogP contribution in [0.1, 0.15) is 26.7 Å². The van der Waals surface area contributed by atoms with Gasteiger partial charge in [-0.05, 0) is 25.3 Å². The van der Waals surface area contributed by atoms with E-state index in [1.165, 1.54) is 5.57 Å². The Labute approximate surface area is 116 Å². The van der Waals surface area contributed by atoms with Crippen molar-refractivity contribution in [3.8, 4) is 0 Å². The Kier molecular flexibility index (Phi) is 10.1. The van der Waals surface area contributed by atoms with E-state index in [9.17, 15) is 0 Å². The van der Waals surface area contributed by atoms with Crippen LogP contribution < -0.4 is 0 Å². The average Bonchev–Trinajstić information content (AvgIpc) is 2.30. The van der Waals surface area contributed by atoms with Crippen molar-refractivity contribution in [1.29, 1.82) is 0 Å². The van der Waals surface area contributed by atoms with E-state index < -0.39 is 0 Å². The standard InChI is InChI=1S/C13H20Br2O/c1-4-13(10-15)7-6-11(2)12(3)16-9-5-8-14/h6-7H,3-5,8-10H2,1-2H3/b11-6-,13-7+. The second-order valence-electron chi connectivity index (χ2n) is 3.48. The molecule has 0 fully saturated rings. The van der Waals surface area contributed by atoms with Crippen LogP contribution in [0.25, 0.3) is 0 Å². The van der Waals surface area contributed by atoms with Crippen LogP contribution >= 0.6 is 31.9 Å². The fourth-order valence-electron chi connectivity index (χ4n) is 0.956. The summed E-state index contributed by atoms with van der Waals surface area (Å²) in [6, 6.07) is 0. The molecule has 0 aromatic carbocycles. The van der Waals surface area contributed by atoms with Gasteiger partial charge in [0.1, 0.15) is 5.76 Å². The van der Waals surface area contributed by atoms with Crippen molar-refractivity contribution in [3.05, 3.63) is 35.6 Å². The van der Waals surface area contributed by atoms with E-state index >= 15 is 0 Å². The van der Waals surface area contributed by atoms with Crippen LogP contribution in [0.2, 0.25) is 0 Å². The van der Waals surface area contributed by atoms with Crippen molar-refractivity contribution in [1.82, 2.24) is 0 Å². The molecule has 0 aromatic heterocycles. The van der Waals surface area contributed by atoms with Crippen LogP contribution in [0.3, 0.4) is 0 Å². The summed E-state index contributed by atoms with van der Waals surface area (Å²) < 4.78 is 5.51. The Morgan fingerprint density at radius 3 is 2.50 bits per heavy atom. The van der Waals surface area contributed by atoms with E-state index in [1.807, 2.05) is 6.92 Å². The predicted molar refractivity (Wildman–Crippen MR) is 79.4 cm³/mol. The lowest BCUT2D eigenvalue weighted by Gasteiger charge is -2.08. The van der Waals surface area contributed by atoms with E-state index in [2.05, 4.69) is 57.5 Å². The van der Waals surface area contributed by atoms with Gasteiger partial charge in [0, 0.05) is 10.7 Å². The van der Waals surface area contributed by atoms with Gasteiger partial charge in [-0.25, -0.2) is 0 Å². The number of rotatable bonds is 8. The highest BCUT2D eigenvalue weighted by Gasteiger charge is 1.97. The Balaban J connectivity index is 4.20. The molecular formula is C13H20Br2O. The maximum atomic E-state index is 5.51. The quantitative estimate of drug-likeness (QED) is 0.259. The van der Waals surface area contributed by atoms with E-state index in [0.717, 1.165) is 41.4 Å². The molecule has 0 aliphatic carbocycles. The second kappa shape index (κ2) is 10.2. The molecule has 3 heteroatoms. The van der Waals surface area contributed by atoms with Crippen molar-refractivity contribution in [2.45, 2.75) is 26.7 Å². The zero-order valence-electron chi connectivity index (χ0n) is 10.1. The highest BCUT2D eigenvalue weighted by Crippen LogP contribution is 2.11. The molecule has 92 valence electrons. The molecule has 0 bridgehead atoms. The summed E-state index contributed by atoms with van der Waals surface area (Å²) in [5, 5.41) is 1.89. The lowest BCUT2D eigenvalue weighted by Crippen LogP contribution is -1.95. The van der Waals surface area contributed by atoms with Gasteiger partial charge in [-0.2, -0.15) is 0 Å². The van der Waals surface area contributed by atoms with Crippen molar-refractivity contribution in [2.75, 3.05) is 17.3 Å². The van der Waals surface area contributed by atoms with Crippen molar-refractivity contribution in [3.63, 3.8) is 0 Å². The molecule has 0 aromatic rings. The van der Waals surface area contributed by atoms with Crippen molar-refractivity contribution < 1.29 is 4.74 Å². The molecule has 0 atom stereocenters. The second-order valence-corrected chi connectivity index (χ2v) is 4.83. The molecule has 0 aliphatic rings. The van der Waals surface area contributed by atoms with E-state index in [-0.39, 0.29) is 0 Å². The number of ether oxygens (including phenoxy) is 1. The summed E-state index contributed by atoms with van der Waals surface area (Å²) in [5.41, 5.74) is 2.45. The summed E-state index contributed by atoms with van der Waals surface area (Å²) in [6.45, 7) is 8.80. The minimum atomic E-state index is 0.720. The van der Waals surface area contributed by atoms with Gasteiger partial charge in [-0.1, -0.05) is 63.1 Å². The van der Waals surface area contributed by atoms with Crippen LogP contribution in [0, 0.1) is 0 Å². The number of allylic oxidation sites excluding steroid dienone is 4. The number of hydrogen-bond donors (Lipinski definition) is 0. The van der Waals surface area contributed by atoms with E-state index in [4.69, 9.17) is 4.74 Å². The smallest absolute Gasteiger partial charge is 0.115 e. The van der Waals surface area contributed by atoms with Gasteiger partial charge in [-0.15, -0.1) is 0 Å². The molecule has 0 unspecified atom stereocenters. The van der Waals surface area contributed by atoms with Gasteiger partial charge in [0.25, 0.3) is 0 Å². The topological polar surface area (TPSA) is 9.23 Å². The third kappa shape index (κ3) is 7.29. The fourth-order valence-corrected chi connectivity index (χ4v) is 1.77. The Hall–Kier alpha value is -0.0200. The van der Waals surface area contributed by atoms with Crippen LogP contribution in [0.4, 0.5) is 0 Å². The van der Waals surface area contributed by atoms with Gasteiger partial charge in [0.05, 0.1) is 6.61 Å². The Bertz CT molecular complexity index is 261. The highest BCUT2D eigenvalue weighted by molar-refractivity contribution is 9.09. The molecule has 0 N–H and O–H groups in total. The zero-order chi connectivity index (χ0) is 12.4. The normalized spacial score (nSPS) is 12.8. The summed E-state index contributed by atoms with van der Waals surface area (Å²) in [6.07, 6.45) is 6.26. The third-order valence-electron chi connectivity index (χ3n) is 2.19. The lowest BCUT2D eigenvalue weighted by molar-refractivity contribution is 0.223. The van der Waals surface area contributed by atoms with Crippen molar-refractivity contribution >= 4 is 31.9 Å². The van der Waals surface area contributed by atoms with Gasteiger partial charge in [0.2, 0.25) is 0 Å². The predicted octanol–water partition coefficient (Wildman–Crippen LogP) is 4.98. The first-order valence-electron chi connectivity index (χ1n) is 5.46. The minimum absolute atomic E-state index is 0.720. The third-order valence-corrected chi connectivity index (χ3v) is 3.47. The van der Waals surface area contributed by atoms with Gasteiger partial charge in [-0.3, -0.25) is 0 Å². The number of alkyl halides is 2. The lowest BCUT2D eigenvalue weighted by atomic mass is 10.2. The van der Waals surface area contributed by atoms with Gasteiger partial charge >= 0.3 is 0 Å². The maximum Gasteiger partial charge on any atom is 0.115 e. The molecule has 0 amide bonds. The molecule has 0 spiro atoms. The average molecular weight is 352 g/mol. The zero-order valence-corrected chi connectivity index (χ0v) is 13.2. The molecule has 0 rings (SSSR count). The molecule has 0 heterocycles. The largest absolute Gasteiger partial charge is 0.494 e. The summed E-state index contributed by atoms with van der Waals surface area (Å²) in [7, 11) is 0. The van der Waals surface area contributed by atoms with E-state index in [0.29, 0.717) is 0 Å². The van der Waals surface area contributed by atoms with E-state index in [1.54, 1.807) is 0 Å². The SMILES string of the molecule is C=C(OCCCBr)/C(C)=C\C=C(/CC)CBr. The molecule has 1 nitrogen and oxygen atoms in total. The molecule has 0 saturated heterocycles. The number of halogens is 2. The fraction of sp³-hybridized carbons (Fsp3) is 0.538. The first-order chi connectivity index (χ1) is 7.65. The first kappa shape index (κ1) is 16.0. The molecule has 0 saturated carbocycles. The van der Waals surface area contributed by atoms with Gasteiger partial charge < -0.3 is 4.74 Å². The number of hydrogen-bond acceptors (Lipinski definition) is 1. The molecule has 0 radical (unpaired) electrons. The van der Waals surface area contributed by atoms with Crippen LogP contribution in [0.5, 0.6) is 0 Å². The Morgan fingerprint density at radius 1 is 1.31 bits per heavy atom. The monoisotopic (exact) mass is 350 g/mol. The minimum Gasteiger partial charge on any atom is -0.494 e. The molecular weight excluding hydrogens is 332 g/mol. The highest BCUT2D eigenvalue weighted by atomic mass is 79.9. The summed E-state index contributed by atoms with van der Waals surface area (Å²) in [4.78, 5) is 0. The Morgan fingerprint density at radius 2 is 2.00 bits per heavy atom. The summed E-state index contributed by atoms with van der Waals surface area (Å²) >= 11 is 6.82.